The zero-order valence-corrected chi connectivity index (χ0v) is 12.7. The third-order valence-corrected chi connectivity index (χ3v) is 4.11. The van der Waals surface area contributed by atoms with Crippen LogP contribution in [-0.2, 0) is 24.3 Å². The Bertz CT molecular complexity index is 666. The van der Waals surface area contributed by atoms with E-state index in [4.69, 9.17) is 5.73 Å². The third-order valence-electron chi connectivity index (χ3n) is 4.11. The van der Waals surface area contributed by atoms with Gasteiger partial charge in [-0.2, -0.15) is 5.10 Å². The minimum absolute atomic E-state index is 0.0460. The Morgan fingerprint density at radius 1 is 1.41 bits per heavy atom. The Labute approximate surface area is 129 Å². The summed E-state index contributed by atoms with van der Waals surface area (Å²) in [6.45, 7) is 1.76. The Morgan fingerprint density at radius 3 is 2.91 bits per heavy atom. The van der Waals surface area contributed by atoms with Crippen molar-refractivity contribution < 1.29 is 4.79 Å². The number of anilines is 1. The topological polar surface area (TPSA) is 76.2 Å². The number of likely N-dealkylation sites (N-methyl/N-ethyl adjacent to an activating group) is 1. The summed E-state index contributed by atoms with van der Waals surface area (Å²) in [5, 5.41) is 7.00. The van der Waals surface area contributed by atoms with Gasteiger partial charge in [-0.1, -0.05) is 24.3 Å². The molecule has 1 aromatic heterocycles. The quantitative estimate of drug-likeness (QED) is 0.868. The van der Waals surface area contributed by atoms with E-state index in [0.29, 0.717) is 18.3 Å². The van der Waals surface area contributed by atoms with Gasteiger partial charge in [0.2, 0.25) is 5.91 Å². The van der Waals surface area contributed by atoms with Crippen molar-refractivity contribution in [2.24, 2.45) is 0 Å². The standard InChI is InChI=1S/C16H21N5O/c1-20-9-13-5-3-2-4-12(13)6-15(20)8-18-16(22)11-21-10-14(17)7-19-21/h2-5,7,10,15H,6,8-9,11,17H2,1H3,(H,18,22)/t15-/m1/s1. The molecule has 1 aromatic carbocycles. The summed E-state index contributed by atoms with van der Waals surface area (Å²) in [5.74, 6) is -0.0460. The lowest BCUT2D eigenvalue weighted by Crippen LogP contribution is -2.46. The van der Waals surface area contributed by atoms with Crippen molar-refractivity contribution in [3.8, 4) is 0 Å². The number of nitrogens with one attached hydrogen (secondary N) is 1. The van der Waals surface area contributed by atoms with Crippen LogP contribution in [-0.4, -0.2) is 40.2 Å². The Kier molecular flexibility index (Phi) is 4.11. The predicted molar refractivity (Wildman–Crippen MR) is 85.1 cm³/mol. The van der Waals surface area contributed by atoms with Crippen LogP contribution >= 0.6 is 0 Å². The number of aromatic nitrogens is 2. The Morgan fingerprint density at radius 2 is 2.18 bits per heavy atom. The maximum absolute atomic E-state index is 12.0. The maximum atomic E-state index is 12.0. The largest absolute Gasteiger partial charge is 0.396 e. The van der Waals surface area contributed by atoms with Gasteiger partial charge in [0.05, 0.1) is 11.9 Å². The molecule has 3 rings (SSSR count). The summed E-state index contributed by atoms with van der Waals surface area (Å²) in [5.41, 5.74) is 8.90. The first-order valence-electron chi connectivity index (χ1n) is 7.43. The molecule has 3 N–H and O–H groups in total. The summed E-state index contributed by atoms with van der Waals surface area (Å²) in [7, 11) is 2.10. The number of amides is 1. The molecule has 1 atom stereocenters. The SMILES string of the molecule is CN1Cc2ccccc2C[C@@H]1CNC(=O)Cn1cc(N)cn1. The zero-order chi connectivity index (χ0) is 15.5. The molecule has 0 radical (unpaired) electrons. The molecular formula is C16H21N5O. The van der Waals surface area contributed by atoms with Gasteiger partial charge in [0.15, 0.2) is 0 Å². The van der Waals surface area contributed by atoms with Gasteiger partial charge in [0.25, 0.3) is 0 Å². The van der Waals surface area contributed by atoms with Gasteiger partial charge in [-0.15, -0.1) is 0 Å². The van der Waals surface area contributed by atoms with Crippen molar-refractivity contribution in [3.63, 3.8) is 0 Å². The number of fused-ring (bicyclic) bond motifs is 1. The molecule has 0 saturated carbocycles. The first kappa shape index (κ1) is 14.6. The highest BCUT2D eigenvalue weighted by molar-refractivity contribution is 5.75. The van der Waals surface area contributed by atoms with E-state index in [1.807, 2.05) is 0 Å². The maximum Gasteiger partial charge on any atom is 0.241 e. The van der Waals surface area contributed by atoms with Crippen LogP contribution in [0.1, 0.15) is 11.1 Å². The van der Waals surface area contributed by atoms with Crippen LogP contribution in [0.3, 0.4) is 0 Å². The average Bonchev–Trinajstić information content (AvgIpc) is 2.90. The smallest absolute Gasteiger partial charge is 0.241 e. The Hall–Kier alpha value is -2.34. The normalized spacial score (nSPS) is 18.0. The number of hydrogen-bond acceptors (Lipinski definition) is 4. The molecule has 0 fully saturated rings. The molecule has 22 heavy (non-hydrogen) atoms. The second-order valence-corrected chi connectivity index (χ2v) is 5.82. The number of benzene rings is 1. The molecule has 2 aromatic rings. The molecule has 1 aliphatic heterocycles. The second-order valence-electron chi connectivity index (χ2n) is 5.82. The molecule has 2 heterocycles. The number of nitrogens with zero attached hydrogens (tertiary/aromatic N) is 3. The molecule has 1 amide bonds. The minimum atomic E-state index is -0.0460. The van der Waals surface area contributed by atoms with Crippen LogP contribution in [0.5, 0.6) is 0 Å². The summed E-state index contributed by atoms with van der Waals surface area (Å²) < 4.78 is 1.55. The van der Waals surface area contributed by atoms with Crippen LogP contribution < -0.4 is 11.1 Å². The highest BCUT2D eigenvalue weighted by Gasteiger charge is 2.23. The molecule has 0 aliphatic carbocycles. The lowest BCUT2D eigenvalue weighted by atomic mass is 9.94. The molecular weight excluding hydrogens is 278 g/mol. The molecule has 1 aliphatic rings. The van der Waals surface area contributed by atoms with Crippen molar-refractivity contribution >= 4 is 11.6 Å². The third kappa shape index (κ3) is 3.28. The van der Waals surface area contributed by atoms with E-state index in [-0.39, 0.29) is 12.5 Å². The zero-order valence-electron chi connectivity index (χ0n) is 12.7. The van der Waals surface area contributed by atoms with Crippen molar-refractivity contribution in [3.05, 3.63) is 47.8 Å². The number of hydrogen-bond donors (Lipinski definition) is 2. The highest BCUT2D eigenvalue weighted by Crippen LogP contribution is 2.21. The molecule has 6 heteroatoms. The highest BCUT2D eigenvalue weighted by atomic mass is 16.2. The second kappa shape index (κ2) is 6.19. The molecule has 0 spiro atoms. The molecule has 6 nitrogen and oxygen atoms in total. The molecule has 0 bridgehead atoms. The van der Waals surface area contributed by atoms with Crippen molar-refractivity contribution in [2.45, 2.75) is 25.6 Å². The number of carbonyl (C=O) groups is 1. The predicted octanol–water partition coefficient (Wildman–Crippen LogP) is 0.638. The van der Waals surface area contributed by atoms with Gasteiger partial charge in [0.1, 0.15) is 6.54 Å². The van der Waals surface area contributed by atoms with Crippen LogP contribution in [0.15, 0.2) is 36.7 Å². The van der Waals surface area contributed by atoms with E-state index in [0.717, 1.165) is 13.0 Å². The van der Waals surface area contributed by atoms with Crippen molar-refractivity contribution in [1.29, 1.82) is 0 Å². The minimum Gasteiger partial charge on any atom is -0.396 e. The number of carbonyl (C=O) groups excluding carboxylic acids is 1. The summed E-state index contributed by atoms with van der Waals surface area (Å²) in [6, 6.07) is 8.81. The fraction of sp³-hybridized carbons (Fsp3) is 0.375. The fourth-order valence-electron chi connectivity index (χ4n) is 2.85. The van der Waals surface area contributed by atoms with Crippen LogP contribution in [0.4, 0.5) is 5.69 Å². The number of rotatable bonds is 4. The van der Waals surface area contributed by atoms with Crippen LogP contribution in [0.2, 0.25) is 0 Å². The monoisotopic (exact) mass is 299 g/mol. The summed E-state index contributed by atoms with van der Waals surface area (Å²) >= 11 is 0. The van der Waals surface area contributed by atoms with Gasteiger partial charge < -0.3 is 11.1 Å². The Balaban J connectivity index is 1.54. The number of nitrogens with two attached hydrogens (primary N) is 1. The van der Waals surface area contributed by atoms with E-state index in [9.17, 15) is 4.79 Å². The fourth-order valence-corrected chi connectivity index (χ4v) is 2.85. The molecule has 116 valence electrons. The van der Waals surface area contributed by atoms with E-state index in [1.54, 1.807) is 17.1 Å². The van der Waals surface area contributed by atoms with Gasteiger partial charge in [0, 0.05) is 25.3 Å². The van der Waals surface area contributed by atoms with Crippen LogP contribution in [0, 0.1) is 0 Å². The summed E-state index contributed by atoms with van der Waals surface area (Å²) in [6.07, 6.45) is 4.16. The van der Waals surface area contributed by atoms with E-state index < -0.39 is 0 Å². The average molecular weight is 299 g/mol. The van der Waals surface area contributed by atoms with Gasteiger partial charge in [-0.3, -0.25) is 14.4 Å². The van der Waals surface area contributed by atoms with Gasteiger partial charge in [-0.05, 0) is 24.6 Å². The van der Waals surface area contributed by atoms with Gasteiger partial charge >= 0.3 is 0 Å². The first-order chi connectivity index (χ1) is 10.6. The molecule has 0 saturated heterocycles. The van der Waals surface area contributed by atoms with Crippen molar-refractivity contribution in [2.75, 3.05) is 19.3 Å². The lowest BCUT2D eigenvalue weighted by molar-refractivity contribution is -0.122. The van der Waals surface area contributed by atoms with E-state index >= 15 is 0 Å². The van der Waals surface area contributed by atoms with E-state index in [2.05, 4.69) is 46.6 Å². The van der Waals surface area contributed by atoms with Gasteiger partial charge in [-0.25, -0.2) is 0 Å². The summed E-state index contributed by atoms with van der Waals surface area (Å²) in [4.78, 5) is 14.3. The number of nitrogen functional groups attached to an aromatic ring is 1. The first-order valence-corrected chi connectivity index (χ1v) is 7.43. The van der Waals surface area contributed by atoms with Crippen LogP contribution in [0.25, 0.3) is 0 Å². The molecule has 0 unspecified atom stereocenters. The van der Waals surface area contributed by atoms with Crippen molar-refractivity contribution in [1.82, 2.24) is 20.0 Å². The lowest BCUT2D eigenvalue weighted by Gasteiger charge is -2.34. The van der Waals surface area contributed by atoms with E-state index in [1.165, 1.54) is 11.1 Å².